The fourth-order valence-electron chi connectivity index (χ4n) is 2.02. The number of rotatable bonds is 5. The predicted octanol–water partition coefficient (Wildman–Crippen LogP) is 3.81. The van der Waals surface area contributed by atoms with Gasteiger partial charge >= 0.3 is 6.18 Å². The topological polar surface area (TPSA) is 33.2 Å². The number of carbonyl (C=O) groups excluding carboxylic acids is 1. The van der Waals surface area contributed by atoms with Crippen molar-refractivity contribution in [3.05, 3.63) is 71.6 Å². The highest BCUT2D eigenvalue weighted by molar-refractivity contribution is 5.91. The average Bonchev–Trinajstić information content (AvgIpc) is 2.58. The zero-order valence-electron chi connectivity index (χ0n) is 13.1. The molecule has 0 fully saturated rings. The van der Waals surface area contributed by atoms with E-state index >= 15 is 0 Å². The van der Waals surface area contributed by atoms with Crippen molar-refractivity contribution in [2.24, 2.45) is 0 Å². The van der Waals surface area contributed by atoms with E-state index < -0.39 is 11.7 Å². The Hall–Kier alpha value is -2.63. The summed E-state index contributed by atoms with van der Waals surface area (Å²) in [7, 11) is 1.67. The van der Waals surface area contributed by atoms with E-state index in [4.69, 9.17) is 0 Å². The van der Waals surface area contributed by atoms with Gasteiger partial charge in [-0.2, -0.15) is 13.2 Å². The molecule has 0 bridgehead atoms. The molecule has 3 nitrogen and oxygen atoms in total. The van der Waals surface area contributed by atoms with Crippen LogP contribution in [-0.2, 0) is 17.4 Å². The number of hydrogen-bond acceptors (Lipinski definition) is 2. The van der Waals surface area contributed by atoms with Gasteiger partial charge in [0.25, 0.3) is 0 Å². The summed E-state index contributed by atoms with van der Waals surface area (Å²) in [5, 5.41) is 0. The maximum atomic E-state index is 12.5. The molecule has 6 heteroatoms. The van der Waals surface area contributed by atoms with Crippen molar-refractivity contribution in [3.63, 3.8) is 0 Å². The largest absolute Gasteiger partial charge is 0.416 e. The molecule has 1 aromatic carbocycles. The van der Waals surface area contributed by atoms with Crippen LogP contribution in [0.1, 0.15) is 16.8 Å². The molecule has 1 heterocycles. The first-order valence-electron chi connectivity index (χ1n) is 7.36. The van der Waals surface area contributed by atoms with E-state index in [1.807, 2.05) is 18.2 Å². The van der Waals surface area contributed by atoms with Gasteiger partial charge in [0.2, 0.25) is 5.91 Å². The molecule has 0 spiro atoms. The maximum absolute atomic E-state index is 12.5. The van der Waals surface area contributed by atoms with E-state index in [0.29, 0.717) is 18.5 Å². The molecule has 0 N–H and O–H groups in total. The number of benzene rings is 1. The van der Waals surface area contributed by atoms with E-state index in [-0.39, 0.29) is 5.91 Å². The lowest BCUT2D eigenvalue weighted by atomic mass is 10.1. The van der Waals surface area contributed by atoms with Crippen LogP contribution >= 0.6 is 0 Å². The van der Waals surface area contributed by atoms with Gasteiger partial charge in [0.15, 0.2) is 0 Å². The van der Waals surface area contributed by atoms with E-state index in [1.54, 1.807) is 13.2 Å². The number of nitrogens with zero attached hydrogens (tertiary/aromatic N) is 2. The summed E-state index contributed by atoms with van der Waals surface area (Å²) in [6.45, 7) is 0.507. The Labute approximate surface area is 138 Å². The molecule has 0 saturated carbocycles. The zero-order valence-corrected chi connectivity index (χ0v) is 13.1. The summed E-state index contributed by atoms with van der Waals surface area (Å²) < 4.78 is 37.4. The lowest BCUT2D eigenvalue weighted by Crippen LogP contribution is -2.27. The van der Waals surface area contributed by atoms with Gasteiger partial charge in [-0.05, 0) is 35.9 Å². The molecular weight excluding hydrogens is 317 g/mol. The Kier molecular flexibility index (Phi) is 5.73. The standard InChI is InChI=1S/C18H17F3N2O/c1-23(13-11-16-4-2-3-12-22-16)17(24)10-7-14-5-8-15(9-6-14)18(19,20)21/h2-10,12H,11,13H2,1H3/b10-7+. The molecule has 24 heavy (non-hydrogen) atoms. The van der Waals surface area contributed by atoms with Gasteiger partial charge in [-0.3, -0.25) is 9.78 Å². The highest BCUT2D eigenvalue weighted by Gasteiger charge is 2.29. The molecule has 0 unspecified atom stereocenters. The Bertz CT molecular complexity index is 694. The zero-order chi connectivity index (χ0) is 17.6. The van der Waals surface area contributed by atoms with Crippen molar-refractivity contribution in [2.75, 3.05) is 13.6 Å². The van der Waals surface area contributed by atoms with Gasteiger partial charge in [0, 0.05) is 38.0 Å². The third kappa shape index (κ3) is 5.22. The summed E-state index contributed by atoms with van der Waals surface area (Å²) >= 11 is 0. The van der Waals surface area contributed by atoms with Crippen molar-refractivity contribution < 1.29 is 18.0 Å². The lowest BCUT2D eigenvalue weighted by Gasteiger charge is -2.14. The third-order valence-corrected chi connectivity index (χ3v) is 3.46. The lowest BCUT2D eigenvalue weighted by molar-refractivity contribution is -0.137. The van der Waals surface area contributed by atoms with E-state index in [1.165, 1.54) is 29.2 Å². The van der Waals surface area contributed by atoms with Gasteiger partial charge < -0.3 is 4.90 Å². The molecule has 1 aromatic heterocycles. The van der Waals surface area contributed by atoms with E-state index in [9.17, 15) is 18.0 Å². The summed E-state index contributed by atoms with van der Waals surface area (Å²) in [4.78, 5) is 17.7. The minimum Gasteiger partial charge on any atom is -0.342 e. The minimum absolute atomic E-state index is 0.217. The van der Waals surface area contributed by atoms with Crippen molar-refractivity contribution in [3.8, 4) is 0 Å². The molecule has 0 radical (unpaired) electrons. The highest BCUT2D eigenvalue weighted by atomic mass is 19.4. The SMILES string of the molecule is CN(CCc1ccccn1)C(=O)/C=C/c1ccc(C(F)(F)F)cc1. The molecule has 0 aliphatic heterocycles. The Morgan fingerprint density at radius 1 is 1.17 bits per heavy atom. The van der Waals surface area contributed by atoms with Crippen molar-refractivity contribution in [1.82, 2.24) is 9.88 Å². The number of alkyl halides is 3. The van der Waals surface area contributed by atoms with Gasteiger partial charge in [0.1, 0.15) is 0 Å². The summed E-state index contributed by atoms with van der Waals surface area (Å²) in [6.07, 6.45) is 0.823. The molecule has 0 aliphatic carbocycles. The number of hydrogen-bond donors (Lipinski definition) is 0. The van der Waals surface area contributed by atoms with Gasteiger partial charge in [-0.25, -0.2) is 0 Å². The first-order valence-corrected chi connectivity index (χ1v) is 7.36. The quantitative estimate of drug-likeness (QED) is 0.779. The highest BCUT2D eigenvalue weighted by Crippen LogP contribution is 2.29. The summed E-state index contributed by atoms with van der Waals surface area (Å²) in [5.74, 6) is -0.217. The van der Waals surface area contributed by atoms with Crippen molar-refractivity contribution in [1.29, 1.82) is 0 Å². The van der Waals surface area contributed by atoms with Crippen LogP contribution < -0.4 is 0 Å². The first kappa shape index (κ1) is 17.7. The van der Waals surface area contributed by atoms with Crippen molar-refractivity contribution in [2.45, 2.75) is 12.6 Å². The van der Waals surface area contributed by atoms with E-state index in [0.717, 1.165) is 17.8 Å². The fraction of sp³-hybridized carbons (Fsp3) is 0.222. The Balaban J connectivity index is 1.89. The van der Waals surface area contributed by atoms with Crippen LogP contribution in [0.4, 0.5) is 13.2 Å². The van der Waals surface area contributed by atoms with Gasteiger partial charge in [-0.15, -0.1) is 0 Å². The van der Waals surface area contributed by atoms with Crippen LogP contribution in [0.15, 0.2) is 54.7 Å². The second kappa shape index (κ2) is 7.77. The maximum Gasteiger partial charge on any atom is 0.416 e. The molecule has 1 amide bonds. The van der Waals surface area contributed by atoms with Crippen LogP contribution in [0.5, 0.6) is 0 Å². The molecule has 0 saturated heterocycles. The van der Waals surface area contributed by atoms with Gasteiger partial charge in [0.05, 0.1) is 5.56 Å². The summed E-state index contributed by atoms with van der Waals surface area (Å²) in [6, 6.07) is 10.3. The number of halogens is 3. The average molecular weight is 334 g/mol. The first-order chi connectivity index (χ1) is 11.4. The molecule has 126 valence electrons. The second-order valence-corrected chi connectivity index (χ2v) is 5.28. The predicted molar refractivity (Wildman–Crippen MR) is 86.1 cm³/mol. The number of pyridine rings is 1. The normalized spacial score (nSPS) is 11.7. The smallest absolute Gasteiger partial charge is 0.342 e. The van der Waals surface area contributed by atoms with Crippen LogP contribution in [0.3, 0.4) is 0 Å². The summed E-state index contributed by atoms with van der Waals surface area (Å²) in [5.41, 5.74) is 0.719. The Morgan fingerprint density at radius 3 is 2.46 bits per heavy atom. The Morgan fingerprint density at radius 2 is 1.88 bits per heavy atom. The van der Waals surface area contributed by atoms with Crippen LogP contribution in [0.25, 0.3) is 6.08 Å². The fourth-order valence-corrected chi connectivity index (χ4v) is 2.02. The third-order valence-electron chi connectivity index (χ3n) is 3.46. The van der Waals surface area contributed by atoms with Gasteiger partial charge in [-0.1, -0.05) is 18.2 Å². The number of carbonyl (C=O) groups is 1. The minimum atomic E-state index is -4.36. The molecular formula is C18H17F3N2O. The van der Waals surface area contributed by atoms with E-state index in [2.05, 4.69) is 4.98 Å². The van der Waals surface area contributed by atoms with Crippen LogP contribution in [0.2, 0.25) is 0 Å². The molecule has 0 aliphatic rings. The molecule has 2 rings (SSSR count). The number of likely N-dealkylation sites (N-methyl/N-ethyl adjacent to an activating group) is 1. The second-order valence-electron chi connectivity index (χ2n) is 5.28. The monoisotopic (exact) mass is 334 g/mol. The van der Waals surface area contributed by atoms with Crippen molar-refractivity contribution >= 4 is 12.0 Å². The molecule has 0 atom stereocenters. The van der Waals surface area contributed by atoms with Crippen LogP contribution in [0, 0.1) is 0 Å². The molecule has 2 aromatic rings. The number of amides is 1. The van der Waals surface area contributed by atoms with Crippen LogP contribution in [-0.4, -0.2) is 29.4 Å². The number of aromatic nitrogens is 1.